The van der Waals surface area contributed by atoms with Crippen molar-refractivity contribution in [3.63, 3.8) is 0 Å². The van der Waals surface area contributed by atoms with Crippen molar-refractivity contribution in [2.75, 3.05) is 4.90 Å². The number of hydrogen-bond donors (Lipinski definition) is 0. The Morgan fingerprint density at radius 1 is 0.388 bits per heavy atom. The number of benzene rings is 10. The second-order valence-corrected chi connectivity index (χ2v) is 17.9. The third kappa shape index (κ3) is 6.92. The Kier molecular flexibility index (Phi) is 9.78. The molecule has 0 fully saturated rings. The Morgan fingerprint density at radius 3 is 1.54 bits per heavy atom. The van der Waals surface area contributed by atoms with Gasteiger partial charge in [0.15, 0.2) is 0 Å². The molecule has 2 heteroatoms. The minimum absolute atomic E-state index is 0.248. The van der Waals surface area contributed by atoms with E-state index in [1.54, 1.807) is 0 Å². The van der Waals surface area contributed by atoms with Gasteiger partial charge in [-0.15, -0.1) is 0 Å². The van der Waals surface area contributed by atoms with E-state index >= 15 is 0 Å². The zero-order chi connectivity index (χ0) is 44.9. The second-order valence-electron chi connectivity index (χ2n) is 17.9. The number of fused-ring (bicyclic) bond motifs is 7. The van der Waals surface area contributed by atoms with E-state index in [4.69, 9.17) is 0 Å². The average Bonchev–Trinajstić information content (AvgIpc) is 3.85. The number of nitrogens with zero attached hydrogens (tertiary/aromatic N) is 2. The molecule has 10 aromatic carbocycles. The van der Waals surface area contributed by atoms with Crippen LogP contribution >= 0.6 is 0 Å². The van der Waals surface area contributed by atoms with Crippen molar-refractivity contribution >= 4 is 38.9 Å². The summed E-state index contributed by atoms with van der Waals surface area (Å²) in [5.74, 6) is 7.13. The summed E-state index contributed by atoms with van der Waals surface area (Å²) in [5, 5.41) is 2.56. The van der Waals surface area contributed by atoms with Gasteiger partial charge in [-0.25, -0.2) is 0 Å². The lowest BCUT2D eigenvalue weighted by Crippen LogP contribution is -2.16. The zero-order valence-corrected chi connectivity index (χ0v) is 37.5. The molecule has 67 heavy (non-hydrogen) atoms. The molecule has 1 aliphatic carbocycles. The third-order valence-electron chi connectivity index (χ3n) is 13.6. The van der Waals surface area contributed by atoms with Gasteiger partial charge in [0.2, 0.25) is 0 Å². The average molecular weight is 855 g/mol. The molecule has 0 aliphatic heterocycles. The zero-order valence-electron chi connectivity index (χ0n) is 37.5. The fraction of sp³-hybridized carbons (Fsp3) is 0.0462. The highest BCUT2D eigenvalue weighted by Gasteiger charge is 2.39. The molecule has 1 heterocycles. The number of rotatable bonds is 7. The standard InChI is InChI=1S/C65H46N2/c1-65(2)60-42-46(36-39-54(60)56-40-41-57-55-30-18-19-31-61(55)67(64(57)62(56)65)52-28-16-7-17-29-52)33-32-45-34-37-53(38-35-45)66(51-26-14-6-15-27-51)63-58(48-22-10-4-11-23-48)43-50(47-20-8-3-9-21-47)44-59(63)49-24-12-5-13-25-49/h3-31,34-44H,1-2H3. The normalized spacial score (nSPS) is 12.3. The highest BCUT2D eigenvalue weighted by Crippen LogP contribution is 2.53. The van der Waals surface area contributed by atoms with Gasteiger partial charge < -0.3 is 9.47 Å². The van der Waals surface area contributed by atoms with Crippen molar-refractivity contribution in [1.82, 2.24) is 4.57 Å². The first-order valence-electron chi connectivity index (χ1n) is 23.1. The van der Waals surface area contributed by atoms with Gasteiger partial charge in [-0.3, -0.25) is 0 Å². The fourth-order valence-corrected chi connectivity index (χ4v) is 10.4. The molecule has 2 nitrogen and oxygen atoms in total. The first-order chi connectivity index (χ1) is 33.0. The van der Waals surface area contributed by atoms with Crippen LogP contribution in [0.5, 0.6) is 0 Å². The van der Waals surface area contributed by atoms with Gasteiger partial charge in [0, 0.05) is 55.5 Å². The SMILES string of the molecule is CC1(C)c2cc(C#Cc3ccc(N(c4ccccc4)c4c(-c5ccccc5)cc(-c5ccccc5)cc4-c4ccccc4)cc3)ccc2-c2ccc3c4ccccc4n(-c4ccccc4)c3c21. The van der Waals surface area contributed by atoms with Crippen molar-refractivity contribution in [3.05, 3.63) is 265 Å². The fourth-order valence-electron chi connectivity index (χ4n) is 10.4. The molecule has 0 saturated carbocycles. The van der Waals surface area contributed by atoms with Crippen LogP contribution in [-0.4, -0.2) is 4.57 Å². The van der Waals surface area contributed by atoms with Gasteiger partial charge in [-0.05, 0) is 123 Å². The van der Waals surface area contributed by atoms with E-state index in [1.807, 2.05) is 0 Å². The van der Waals surface area contributed by atoms with Crippen LogP contribution < -0.4 is 4.90 Å². The van der Waals surface area contributed by atoms with Crippen molar-refractivity contribution in [2.24, 2.45) is 0 Å². The van der Waals surface area contributed by atoms with E-state index in [9.17, 15) is 0 Å². The van der Waals surface area contributed by atoms with Crippen LogP contribution in [0.4, 0.5) is 17.1 Å². The van der Waals surface area contributed by atoms with Crippen molar-refractivity contribution in [1.29, 1.82) is 0 Å². The Morgan fingerprint density at radius 2 is 0.896 bits per heavy atom. The summed E-state index contributed by atoms with van der Waals surface area (Å²) in [4.78, 5) is 2.41. The number of para-hydroxylation sites is 3. The molecule has 12 rings (SSSR count). The molecule has 0 unspecified atom stereocenters. The molecule has 1 aromatic heterocycles. The summed E-state index contributed by atoms with van der Waals surface area (Å²) < 4.78 is 2.46. The summed E-state index contributed by atoms with van der Waals surface area (Å²) in [6.07, 6.45) is 0. The summed E-state index contributed by atoms with van der Waals surface area (Å²) in [7, 11) is 0. The molecule has 0 spiro atoms. The highest BCUT2D eigenvalue weighted by atomic mass is 15.1. The Bertz CT molecular complexity index is 3610. The van der Waals surface area contributed by atoms with Gasteiger partial charge in [0.05, 0.1) is 16.7 Å². The first kappa shape index (κ1) is 39.9. The molecule has 0 atom stereocenters. The summed E-state index contributed by atoms with van der Waals surface area (Å²) >= 11 is 0. The molecule has 11 aromatic rings. The van der Waals surface area contributed by atoms with Crippen LogP contribution in [-0.2, 0) is 5.41 Å². The van der Waals surface area contributed by atoms with E-state index in [-0.39, 0.29) is 5.41 Å². The number of hydrogen-bond acceptors (Lipinski definition) is 1. The van der Waals surface area contributed by atoms with Crippen LogP contribution in [0.1, 0.15) is 36.1 Å². The Balaban J connectivity index is 0.948. The quantitative estimate of drug-likeness (QED) is 0.145. The maximum Gasteiger partial charge on any atom is 0.0618 e. The third-order valence-corrected chi connectivity index (χ3v) is 13.6. The predicted octanol–water partition coefficient (Wildman–Crippen LogP) is 17.0. The molecule has 0 bridgehead atoms. The van der Waals surface area contributed by atoms with Crippen molar-refractivity contribution in [3.8, 4) is 62.0 Å². The molecule has 0 radical (unpaired) electrons. The Labute approximate surface area is 392 Å². The van der Waals surface area contributed by atoms with E-state index < -0.39 is 0 Å². The van der Waals surface area contributed by atoms with Crippen molar-refractivity contribution < 1.29 is 0 Å². The second kappa shape index (κ2) is 16.4. The van der Waals surface area contributed by atoms with Crippen LogP contribution in [0.15, 0.2) is 243 Å². The lowest BCUT2D eigenvalue weighted by Gasteiger charge is -2.31. The molecular formula is C65H46N2. The summed E-state index contributed by atoms with van der Waals surface area (Å²) in [6, 6.07) is 87.4. The van der Waals surface area contributed by atoms with E-state index in [0.717, 1.165) is 50.4 Å². The largest absolute Gasteiger partial charge is 0.309 e. The summed E-state index contributed by atoms with van der Waals surface area (Å²) in [5.41, 5.74) is 20.8. The predicted molar refractivity (Wildman–Crippen MR) is 282 cm³/mol. The van der Waals surface area contributed by atoms with Crippen LogP contribution in [0.25, 0.3) is 72.0 Å². The van der Waals surface area contributed by atoms with Gasteiger partial charge in [0.1, 0.15) is 0 Å². The molecule has 0 N–H and O–H groups in total. The van der Waals surface area contributed by atoms with Gasteiger partial charge in [-0.2, -0.15) is 0 Å². The van der Waals surface area contributed by atoms with Gasteiger partial charge >= 0.3 is 0 Å². The lowest BCUT2D eigenvalue weighted by atomic mass is 9.81. The topological polar surface area (TPSA) is 8.17 Å². The Hall–Kier alpha value is -8.64. The van der Waals surface area contributed by atoms with Crippen LogP contribution in [0, 0.1) is 11.8 Å². The maximum atomic E-state index is 3.58. The van der Waals surface area contributed by atoms with Crippen LogP contribution in [0.3, 0.4) is 0 Å². The minimum Gasteiger partial charge on any atom is -0.309 e. The highest BCUT2D eigenvalue weighted by molar-refractivity contribution is 6.13. The van der Waals surface area contributed by atoms with Crippen LogP contribution in [0.2, 0.25) is 0 Å². The maximum absolute atomic E-state index is 3.58. The van der Waals surface area contributed by atoms with E-state index in [2.05, 4.69) is 278 Å². The monoisotopic (exact) mass is 854 g/mol. The molecule has 0 saturated heterocycles. The van der Waals surface area contributed by atoms with Gasteiger partial charge in [-0.1, -0.05) is 189 Å². The minimum atomic E-state index is -0.248. The molecule has 0 amide bonds. The van der Waals surface area contributed by atoms with E-state index in [0.29, 0.717) is 0 Å². The molecule has 316 valence electrons. The molecular weight excluding hydrogens is 809 g/mol. The van der Waals surface area contributed by atoms with Gasteiger partial charge in [0.25, 0.3) is 0 Å². The lowest BCUT2D eigenvalue weighted by molar-refractivity contribution is 0.663. The van der Waals surface area contributed by atoms with Crippen molar-refractivity contribution in [2.45, 2.75) is 19.3 Å². The first-order valence-corrected chi connectivity index (χ1v) is 23.1. The number of aromatic nitrogens is 1. The van der Waals surface area contributed by atoms with E-state index in [1.165, 1.54) is 60.9 Å². The summed E-state index contributed by atoms with van der Waals surface area (Å²) in [6.45, 7) is 4.75. The smallest absolute Gasteiger partial charge is 0.0618 e. The number of anilines is 3. The molecule has 1 aliphatic rings.